The fraction of sp³-hybridized carbons (Fsp3) is 1.00. The molecule has 13 heavy (non-hydrogen) atoms. The number of β-amino-alcohol motifs (C(OH)–C–C–N with tert-alkyl or cyclic N) is 1. The average Bonchev–Trinajstić information content (AvgIpc) is 1.94. The molecule has 0 aromatic heterocycles. The Bertz CT molecular complexity index is 190. The maximum atomic E-state index is 10.7. The molecule has 0 amide bonds. The van der Waals surface area contributed by atoms with Gasteiger partial charge < -0.3 is 5.11 Å². The van der Waals surface area contributed by atoms with Crippen molar-refractivity contribution in [3.05, 3.63) is 10.1 Å². The van der Waals surface area contributed by atoms with Gasteiger partial charge in [-0.25, -0.2) is 4.90 Å². The molecule has 1 rings (SSSR count). The highest BCUT2D eigenvalue weighted by atomic mass is 16.6. The average molecular weight is 188 g/mol. The first-order chi connectivity index (χ1) is 6.00. The zero-order valence-electron chi connectivity index (χ0n) is 8.01. The second kappa shape index (κ2) is 4.02. The van der Waals surface area contributed by atoms with E-state index < -0.39 is 6.17 Å². The fourth-order valence-corrected chi connectivity index (χ4v) is 1.52. The van der Waals surface area contributed by atoms with E-state index in [1.165, 1.54) is 0 Å². The minimum atomic E-state index is -0.608. The van der Waals surface area contributed by atoms with Crippen LogP contribution in [0.25, 0.3) is 0 Å². The van der Waals surface area contributed by atoms with Crippen molar-refractivity contribution >= 4 is 0 Å². The van der Waals surface area contributed by atoms with Gasteiger partial charge in [0.05, 0.1) is 6.10 Å². The van der Waals surface area contributed by atoms with Crippen LogP contribution in [-0.2, 0) is 0 Å². The molecule has 0 spiro atoms. The maximum Gasteiger partial charge on any atom is 0.268 e. The predicted octanol–water partition coefficient (Wildman–Crippen LogP) is 0.312. The van der Waals surface area contributed by atoms with Gasteiger partial charge in [0.25, 0.3) is 6.17 Å². The Kier molecular flexibility index (Phi) is 3.22. The molecule has 76 valence electrons. The lowest BCUT2D eigenvalue weighted by molar-refractivity contribution is -0.558. The van der Waals surface area contributed by atoms with Gasteiger partial charge in [-0.2, -0.15) is 0 Å². The van der Waals surface area contributed by atoms with Crippen molar-refractivity contribution in [2.45, 2.75) is 32.5 Å². The summed E-state index contributed by atoms with van der Waals surface area (Å²) < 4.78 is 0. The zero-order valence-corrected chi connectivity index (χ0v) is 8.01. The van der Waals surface area contributed by atoms with Gasteiger partial charge in [0.15, 0.2) is 0 Å². The minimum Gasteiger partial charge on any atom is -0.390 e. The second-order valence-corrected chi connectivity index (χ2v) is 4.00. The van der Waals surface area contributed by atoms with E-state index in [0.29, 0.717) is 25.4 Å². The lowest BCUT2D eigenvalue weighted by Crippen LogP contribution is -2.57. The van der Waals surface area contributed by atoms with Crippen molar-refractivity contribution < 1.29 is 10.0 Å². The number of aliphatic hydroxyl groups is 1. The summed E-state index contributed by atoms with van der Waals surface area (Å²) in [7, 11) is 0. The van der Waals surface area contributed by atoms with Crippen LogP contribution in [0.4, 0.5) is 0 Å². The summed E-state index contributed by atoms with van der Waals surface area (Å²) in [5, 5.41) is 19.7. The summed E-state index contributed by atoms with van der Waals surface area (Å²) in [4.78, 5) is 12.1. The number of rotatable bonds is 4. The van der Waals surface area contributed by atoms with Gasteiger partial charge in [0.2, 0.25) is 0 Å². The normalized spacial score (nSPS) is 21.5. The van der Waals surface area contributed by atoms with Gasteiger partial charge >= 0.3 is 0 Å². The van der Waals surface area contributed by atoms with Crippen LogP contribution in [0.5, 0.6) is 0 Å². The third-order valence-corrected chi connectivity index (χ3v) is 2.24. The van der Waals surface area contributed by atoms with Crippen LogP contribution in [-0.4, -0.2) is 40.3 Å². The third kappa shape index (κ3) is 2.63. The highest BCUT2D eigenvalue weighted by Crippen LogP contribution is 2.18. The molecule has 1 aliphatic rings. The van der Waals surface area contributed by atoms with E-state index >= 15 is 0 Å². The van der Waals surface area contributed by atoms with Crippen LogP contribution in [0.3, 0.4) is 0 Å². The van der Waals surface area contributed by atoms with E-state index in [9.17, 15) is 10.1 Å². The van der Waals surface area contributed by atoms with Crippen molar-refractivity contribution in [2.24, 2.45) is 5.92 Å². The summed E-state index contributed by atoms with van der Waals surface area (Å²) in [5.41, 5.74) is 0. The highest BCUT2D eigenvalue weighted by molar-refractivity contribution is 4.81. The first-order valence-electron chi connectivity index (χ1n) is 4.56. The number of nitrogens with zero attached hydrogens (tertiary/aromatic N) is 2. The quantitative estimate of drug-likeness (QED) is 0.509. The number of likely N-dealkylation sites (tertiary alicyclic amines) is 1. The standard InChI is InChI=1S/C8H16N2O3/c1-6(2)3-8(10(12)13)9-4-7(11)5-9/h6-8,11H,3-5H2,1-2H3. The van der Waals surface area contributed by atoms with Crippen LogP contribution in [0.2, 0.25) is 0 Å². The number of hydrogen-bond donors (Lipinski definition) is 1. The summed E-state index contributed by atoms with van der Waals surface area (Å²) in [6.07, 6.45) is -0.419. The lowest BCUT2D eigenvalue weighted by atomic mass is 10.0. The van der Waals surface area contributed by atoms with E-state index in [4.69, 9.17) is 5.11 Å². The SMILES string of the molecule is CC(C)CC(N1CC(O)C1)[N+](=O)[O-]. The van der Waals surface area contributed by atoms with Gasteiger partial charge in [0, 0.05) is 24.4 Å². The molecule has 5 nitrogen and oxygen atoms in total. The number of hydrogen-bond acceptors (Lipinski definition) is 4. The number of aliphatic hydroxyl groups excluding tert-OH is 1. The Morgan fingerprint density at radius 3 is 2.46 bits per heavy atom. The Morgan fingerprint density at radius 2 is 2.15 bits per heavy atom. The summed E-state index contributed by atoms with van der Waals surface area (Å²) in [5.74, 6) is 0.313. The van der Waals surface area contributed by atoms with Crippen LogP contribution in [0.15, 0.2) is 0 Å². The van der Waals surface area contributed by atoms with Crippen LogP contribution >= 0.6 is 0 Å². The largest absolute Gasteiger partial charge is 0.390 e. The molecular weight excluding hydrogens is 172 g/mol. The van der Waals surface area contributed by atoms with Crippen molar-refractivity contribution in [3.63, 3.8) is 0 Å². The lowest BCUT2D eigenvalue weighted by Gasteiger charge is -2.37. The van der Waals surface area contributed by atoms with Crippen molar-refractivity contribution in [1.82, 2.24) is 4.90 Å². The van der Waals surface area contributed by atoms with Crippen molar-refractivity contribution in [1.29, 1.82) is 0 Å². The minimum absolute atomic E-state index is 0.258. The summed E-state index contributed by atoms with van der Waals surface area (Å²) in [6.45, 7) is 4.82. The van der Waals surface area contributed by atoms with Crippen molar-refractivity contribution in [3.8, 4) is 0 Å². The smallest absolute Gasteiger partial charge is 0.268 e. The molecule has 0 radical (unpaired) electrons. The Hall–Kier alpha value is -0.680. The van der Waals surface area contributed by atoms with Gasteiger partial charge in [-0.05, 0) is 5.92 Å². The van der Waals surface area contributed by atoms with E-state index in [1.807, 2.05) is 13.8 Å². The monoisotopic (exact) mass is 188 g/mol. The molecule has 0 saturated carbocycles. The van der Waals surface area contributed by atoms with Gasteiger partial charge in [0.1, 0.15) is 0 Å². The van der Waals surface area contributed by atoms with Gasteiger partial charge in [-0.3, -0.25) is 10.1 Å². The fourth-order valence-electron chi connectivity index (χ4n) is 1.52. The van der Waals surface area contributed by atoms with E-state index in [-0.39, 0.29) is 11.0 Å². The molecule has 0 aromatic rings. The zero-order chi connectivity index (χ0) is 10.0. The molecule has 1 aliphatic heterocycles. The molecule has 5 heteroatoms. The predicted molar refractivity (Wildman–Crippen MR) is 47.8 cm³/mol. The topological polar surface area (TPSA) is 66.6 Å². The molecule has 1 saturated heterocycles. The summed E-state index contributed by atoms with van der Waals surface area (Å²) >= 11 is 0. The Morgan fingerprint density at radius 1 is 1.62 bits per heavy atom. The maximum absolute atomic E-state index is 10.7. The molecule has 1 fully saturated rings. The summed E-state index contributed by atoms with van der Waals surface area (Å²) in [6, 6.07) is 0. The molecule has 1 atom stereocenters. The molecule has 1 heterocycles. The molecule has 1 unspecified atom stereocenters. The second-order valence-electron chi connectivity index (χ2n) is 4.00. The number of nitro groups is 1. The van der Waals surface area contributed by atoms with Crippen LogP contribution in [0, 0.1) is 16.0 Å². The Labute approximate surface area is 77.5 Å². The van der Waals surface area contributed by atoms with Crippen LogP contribution in [0.1, 0.15) is 20.3 Å². The first-order valence-corrected chi connectivity index (χ1v) is 4.56. The van der Waals surface area contributed by atoms with E-state index in [2.05, 4.69) is 0 Å². The Balaban J connectivity index is 2.43. The van der Waals surface area contributed by atoms with E-state index in [0.717, 1.165) is 0 Å². The van der Waals surface area contributed by atoms with Crippen molar-refractivity contribution in [2.75, 3.05) is 13.1 Å². The first kappa shape index (κ1) is 10.4. The molecular formula is C8H16N2O3. The molecule has 0 bridgehead atoms. The van der Waals surface area contributed by atoms with E-state index in [1.54, 1.807) is 4.90 Å². The highest BCUT2D eigenvalue weighted by Gasteiger charge is 2.37. The molecule has 0 aliphatic carbocycles. The third-order valence-electron chi connectivity index (χ3n) is 2.24. The van der Waals surface area contributed by atoms with Gasteiger partial charge in [-0.15, -0.1) is 0 Å². The molecule has 0 aromatic carbocycles. The molecule has 1 N–H and O–H groups in total. The van der Waals surface area contributed by atoms with Gasteiger partial charge in [-0.1, -0.05) is 13.8 Å². The van der Waals surface area contributed by atoms with Crippen LogP contribution < -0.4 is 0 Å².